The number of ether oxygens (including phenoxy) is 5. The molecule has 0 saturated heterocycles. The van der Waals surface area contributed by atoms with Crippen molar-refractivity contribution in [2.45, 2.75) is 168 Å². The van der Waals surface area contributed by atoms with E-state index in [1.807, 2.05) is 13.8 Å². The van der Waals surface area contributed by atoms with Crippen molar-refractivity contribution in [1.29, 1.82) is 5.26 Å². The minimum atomic E-state index is -3.52. The summed E-state index contributed by atoms with van der Waals surface area (Å²) in [7, 11) is -10.4. The summed E-state index contributed by atoms with van der Waals surface area (Å²) in [4.78, 5) is 68.2. The van der Waals surface area contributed by atoms with Gasteiger partial charge in [-0.1, -0.05) is 19.0 Å². The molecule has 3 aromatic carbocycles. The predicted molar refractivity (Wildman–Crippen MR) is 441 cm³/mol. The molecule has 0 saturated carbocycles. The van der Waals surface area contributed by atoms with Crippen molar-refractivity contribution >= 4 is 132 Å². The molecule has 0 amide bonds. The summed E-state index contributed by atoms with van der Waals surface area (Å²) < 4.78 is 97.7. The molecule has 13 N–H and O–H groups in total. The number of aliphatic imine (C=N–C) groups is 2. The number of aliphatic hydroxyl groups is 1. The number of nitrogens with two attached hydrogens (primary N) is 4. The number of aliphatic hydroxyl groups excluding tert-OH is 1. The van der Waals surface area contributed by atoms with Crippen LogP contribution in [0.2, 0.25) is 5.02 Å². The van der Waals surface area contributed by atoms with Crippen molar-refractivity contribution in [1.82, 2.24) is 35.3 Å². The maximum atomic E-state index is 12.9. The van der Waals surface area contributed by atoms with E-state index >= 15 is 0 Å². The second-order valence-corrected chi connectivity index (χ2v) is 35.6. The SMILES string of the molecule is C.CC(C)(C)S(=O)(=O)c1ccc2nccc(Cl)c2c1.CC1=C(CO)C(Nc2ccnc3ccc(S(=O)(=O)C(C)(C)C)cc23)=NC1.CCOC(=O)/C(C#N)=C(\C)OCC.CCOC(=O)C1=C(C)CN=C1Nc1ccnc2ccc(S(=O)(=O)C(C)(C)C)cc12.CCOC(=O)c1c(N)n[nH]c1C.CCOC(=O)c1c(N)n[nH]c1C.NN. The molecule has 0 radical (unpaired) electrons. The molecule has 8 aromatic rings. The third kappa shape index (κ3) is 24.4. The number of carbonyl (C=O) groups is 4. The molecular formula is C77H105ClN16O16S3. The van der Waals surface area contributed by atoms with Gasteiger partial charge < -0.3 is 50.9 Å². The minimum absolute atomic E-state index is 0. The van der Waals surface area contributed by atoms with Crippen LogP contribution in [0.5, 0.6) is 0 Å². The van der Waals surface area contributed by atoms with Crippen molar-refractivity contribution < 1.29 is 73.2 Å². The summed E-state index contributed by atoms with van der Waals surface area (Å²) in [6.45, 7) is 35.0. The van der Waals surface area contributed by atoms with Gasteiger partial charge in [-0.05, 0) is 215 Å². The van der Waals surface area contributed by atoms with Crippen LogP contribution in [-0.4, -0.2) is 168 Å². The molecule has 7 heterocycles. The number of anilines is 4. The summed E-state index contributed by atoms with van der Waals surface area (Å²) >= 11 is 6.06. The van der Waals surface area contributed by atoms with Crippen LogP contribution in [0.25, 0.3) is 32.7 Å². The Bertz CT molecular complexity index is 5200. The number of halogens is 1. The largest absolute Gasteiger partial charge is 0.497 e. The molecule has 10 rings (SSSR count). The Kier molecular flexibility index (Phi) is 36.0. The fourth-order valence-corrected chi connectivity index (χ4v) is 13.9. The Morgan fingerprint density at radius 1 is 0.540 bits per heavy atom. The van der Waals surface area contributed by atoms with Gasteiger partial charge in [-0.2, -0.15) is 15.5 Å². The molecular weight excluding hydrogens is 1540 g/mol. The summed E-state index contributed by atoms with van der Waals surface area (Å²) in [6, 6.07) is 21.6. The van der Waals surface area contributed by atoms with Gasteiger partial charge >= 0.3 is 23.9 Å². The van der Waals surface area contributed by atoms with E-state index in [2.05, 4.69) is 72.4 Å². The number of pyridine rings is 3. The lowest BCUT2D eigenvalue weighted by molar-refractivity contribution is -0.139. The normalized spacial score (nSPS) is 12.9. The zero-order chi connectivity index (χ0) is 84.6. The van der Waals surface area contributed by atoms with E-state index in [-0.39, 0.29) is 59.1 Å². The molecule has 2 aliphatic rings. The maximum Gasteiger partial charge on any atom is 0.352 e. The average molecular weight is 1640 g/mol. The highest BCUT2D eigenvalue weighted by Gasteiger charge is 2.34. The smallest absolute Gasteiger partial charge is 0.352 e. The number of nitriles is 1. The van der Waals surface area contributed by atoms with E-state index in [1.165, 1.54) is 0 Å². The Morgan fingerprint density at radius 3 is 1.26 bits per heavy atom. The number of nitrogens with zero attached hydrogens (tertiary/aromatic N) is 8. The number of nitrogens with one attached hydrogen (secondary N) is 4. The van der Waals surface area contributed by atoms with Gasteiger partial charge in [0, 0.05) is 51.7 Å². The van der Waals surface area contributed by atoms with Crippen LogP contribution < -0.4 is 33.8 Å². The third-order valence-electron chi connectivity index (χ3n) is 16.2. The van der Waals surface area contributed by atoms with Crippen LogP contribution in [-0.2, 0) is 62.8 Å². The number of carbonyl (C=O) groups excluding carboxylic acids is 4. The van der Waals surface area contributed by atoms with Crippen molar-refractivity contribution in [3.05, 3.63) is 153 Å². The number of aromatic nitrogens is 7. The molecule has 0 bridgehead atoms. The molecule has 2 aliphatic heterocycles. The quantitative estimate of drug-likeness (QED) is 0.00825. The standard InChI is InChI=1S/C21H25N3O4S.C19H23N3O3S.C13H14ClNO2S.C9H13NO3.2C7H11N3O2.CH4.H4N2/c1-6-28-20(25)18-13(2)12-23-19(18)24-17-9-10-22-16-8-7-14(11-15(16)17)29(26,27)21(3,4)5;1-12-10-21-18(15(12)11-23)22-17-7-8-20-16-6-5-13(9-14(16)17)26(24,25)19(2,3)4;1-13(2,3)18(16,17)9-4-5-12-10(8-9)11(14)6-7-15-12;1-4-12-7(3)8(6-10)9(11)13-5-2;2*1-3-12-7(11)5-4(2)9-10-6(5)8;;1-2/h7-11H,6,12H2,1-5H3,(H,22,23,24);5-9,23H,10-11H2,1-4H3,(H,20,21,22);4-8H,1-3H3;4-5H2,1-3H3;2*3H2,1-2H3,(H3,8,9,10);1H4;1-2H2/b;;;8-7+;;;;. The molecule has 5 aromatic heterocycles. The number of esters is 4. The number of allylic oxidation sites excluding steroid dienone is 1. The molecule has 0 fully saturated rings. The maximum absolute atomic E-state index is 12.9. The first-order valence-corrected chi connectivity index (χ1v) is 39.8. The van der Waals surface area contributed by atoms with Gasteiger partial charge in [0.1, 0.15) is 40.2 Å². The van der Waals surface area contributed by atoms with Crippen molar-refractivity contribution in [2.75, 3.05) is 74.8 Å². The number of nitrogen functional groups attached to an aromatic ring is 2. The van der Waals surface area contributed by atoms with Crippen LogP contribution in [0, 0.1) is 25.2 Å². The van der Waals surface area contributed by atoms with Crippen LogP contribution in [0.1, 0.15) is 157 Å². The number of H-pyrrole nitrogens is 2. The molecule has 32 nitrogen and oxygen atoms in total. The summed E-state index contributed by atoms with van der Waals surface area (Å²) in [6.07, 6.45) is 4.88. The number of fused-ring (bicyclic) bond motifs is 3. The van der Waals surface area contributed by atoms with Crippen molar-refractivity contribution in [3.8, 4) is 6.07 Å². The van der Waals surface area contributed by atoms with E-state index < -0.39 is 67.6 Å². The van der Waals surface area contributed by atoms with Gasteiger partial charge in [-0.3, -0.25) is 46.8 Å². The molecule has 0 atom stereocenters. The summed E-state index contributed by atoms with van der Waals surface area (Å²) in [5.74, 6) is 7.79. The number of hydrazine groups is 1. The van der Waals surface area contributed by atoms with Gasteiger partial charge in [-0.25, -0.2) is 44.4 Å². The number of rotatable bonds is 16. The molecule has 36 heteroatoms. The van der Waals surface area contributed by atoms with Gasteiger partial charge in [-0.15, -0.1) is 0 Å². The van der Waals surface area contributed by atoms with Gasteiger partial charge in [0.15, 0.2) is 46.7 Å². The fourth-order valence-electron chi connectivity index (χ4n) is 10.0. The lowest BCUT2D eigenvalue weighted by Crippen LogP contribution is -2.27. The number of benzene rings is 3. The second-order valence-electron chi connectivity index (χ2n) is 27.1. The highest BCUT2D eigenvalue weighted by Crippen LogP contribution is 2.35. The number of hydrogen-bond donors (Lipinski definition) is 9. The van der Waals surface area contributed by atoms with E-state index in [1.54, 1.807) is 215 Å². The highest BCUT2D eigenvalue weighted by atomic mass is 35.5. The average Bonchev–Trinajstić information content (AvgIpc) is 1.76. The molecule has 0 spiro atoms. The Balaban J connectivity index is 0.000000362. The summed E-state index contributed by atoms with van der Waals surface area (Å²) in [5, 5.41) is 39.6. The Hall–Kier alpha value is -10.7. The first-order chi connectivity index (χ1) is 52.4. The zero-order valence-corrected chi connectivity index (χ0v) is 69.6. The van der Waals surface area contributed by atoms with E-state index in [9.17, 15) is 49.5 Å². The molecule has 0 aliphatic carbocycles. The van der Waals surface area contributed by atoms with Crippen LogP contribution in [0.3, 0.4) is 0 Å². The van der Waals surface area contributed by atoms with E-state index in [4.69, 9.17) is 47.3 Å². The lowest BCUT2D eigenvalue weighted by atomic mass is 10.1. The lowest BCUT2D eigenvalue weighted by Gasteiger charge is -2.20. The number of amidine groups is 2. The fraction of sp³-hybridized carbons (Fsp3) is 0.403. The predicted octanol–water partition coefficient (Wildman–Crippen LogP) is 11.7. The van der Waals surface area contributed by atoms with E-state index in [0.717, 1.165) is 16.7 Å². The van der Waals surface area contributed by atoms with Gasteiger partial charge in [0.2, 0.25) is 0 Å². The number of hydrogen-bond acceptors (Lipinski definition) is 30. The first kappa shape index (κ1) is 96.5. The van der Waals surface area contributed by atoms with Crippen molar-refractivity contribution in [2.24, 2.45) is 21.7 Å². The third-order valence-corrected chi connectivity index (χ3v) is 24.0. The number of aromatic amines is 2. The zero-order valence-electron chi connectivity index (χ0n) is 66.4. The van der Waals surface area contributed by atoms with Crippen LogP contribution in [0.4, 0.5) is 23.0 Å². The molecule has 0 unspecified atom stereocenters. The molecule has 113 heavy (non-hydrogen) atoms. The number of sulfone groups is 3. The molecule has 614 valence electrons. The minimum Gasteiger partial charge on any atom is -0.497 e. The van der Waals surface area contributed by atoms with Crippen LogP contribution >= 0.6 is 11.6 Å². The Morgan fingerprint density at radius 2 is 0.894 bits per heavy atom. The van der Waals surface area contributed by atoms with Crippen LogP contribution in [0.15, 0.2) is 150 Å². The number of aryl methyl sites for hydroxylation is 2. The summed E-state index contributed by atoms with van der Waals surface area (Å²) in [5.41, 5.74) is 19.1. The van der Waals surface area contributed by atoms with Crippen molar-refractivity contribution in [3.63, 3.8) is 0 Å². The van der Waals surface area contributed by atoms with E-state index in [0.29, 0.717) is 128 Å². The Labute approximate surface area is 665 Å². The van der Waals surface area contributed by atoms with Gasteiger partial charge in [0.25, 0.3) is 0 Å². The van der Waals surface area contributed by atoms with Gasteiger partial charge in [0.05, 0.1) is 115 Å². The second kappa shape index (κ2) is 42.2. The highest BCUT2D eigenvalue weighted by molar-refractivity contribution is 7.93. The monoisotopic (exact) mass is 1640 g/mol. The topological polar surface area (TPSA) is 510 Å². The first-order valence-electron chi connectivity index (χ1n) is 35.0.